The summed E-state index contributed by atoms with van der Waals surface area (Å²) in [6.07, 6.45) is -2.70. The van der Waals surface area contributed by atoms with Gasteiger partial charge in [0.2, 0.25) is 0 Å². The summed E-state index contributed by atoms with van der Waals surface area (Å²) in [5.41, 5.74) is 0.158. The zero-order valence-corrected chi connectivity index (χ0v) is 13.8. The maximum Gasteiger partial charge on any atom is 0.416 e. The van der Waals surface area contributed by atoms with Crippen molar-refractivity contribution in [2.24, 2.45) is 0 Å². The molecule has 4 nitrogen and oxygen atoms in total. The molecule has 0 unspecified atom stereocenters. The molecule has 0 aliphatic carbocycles. The first-order valence-electron chi connectivity index (χ1n) is 7.65. The zero-order valence-electron chi connectivity index (χ0n) is 13.0. The van der Waals surface area contributed by atoms with Crippen LogP contribution in [0.5, 0.6) is 0 Å². The van der Waals surface area contributed by atoms with E-state index in [1.807, 2.05) is 10.3 Å². The number of anilines is 1. The minimum atomic E-state index is -4.37. The van der Waals surface area contributed by atoms with Crippen molar-refractivity contribution in [1.82, 2.24) is 9.88 Å². The molecule has 1 N–H and O–H groups in total. The van der Waals surface area contributed by atoms with Crippen LogP contribution < -0.4 is 5.32 Å². The number of hydrogen-bond donors (Lipinski definition) is 1. The fourth-order valence-corrected chi connectivity index (χ4v) is 3.16. The third-order valence-corrected chi connectivity index (χ3v) is 4.62. The Kier molecular flexibility index (Phi) is 5.37. The van der Waals surface area contributed by atoms with Gasteiger partial charge in [0.25, 0.3) is 0 Å². The summed E-state index contributed by atoms with van der Waals surface area (Å²) in [5.74, 6) is 0. The van der Waals surface area contributed by atoms with Crippen molar-refractivity contribution in [2.75, 3.05) is 31.6 Å². The number of nitrogens with one attached hydrogen (secondary N) is 1. The fourth-order valence-electron chi connectivity index (χ4n) is 2.61. The molecule has 3 rings (SSSR count). The van der Waals surface area contributed by atoms with Gasteiger partial charge >= 0.3 is 6.18 Å². The van der Waals surface area contributed by atoms with E-state index in [1.165, 1.54) is 17.4 Å². The van der Waals surface area contributed by atoms with Crippen molar-refractivity contribution in [3.63, 3.8) is 0 Å². The number of benzene rings is 1. The molecular formula is C16H18F3N3OS. The van der Waals surface area contributed by atoms with E-state index in [-0.39, 0.29) is 6.54 Å². The Bertz CT molecular complexity index is 655. The summed E-state index contributed by atoms with van der Waals surface area (Å²) in [4.78, 5) is 6.10. The van der Waals surface area contributed by atoms with Crippen LogP contribution in [-0.4, -0.2) is 36.2 Å². The Morgan fingerprint density at radius 2 is 2.04 bits per heavy atom. The lowest BCUT2D eigenvalue weighted by atomic mass is 10.0. The molecule has 1 aromatic carbocycles. The number of nitrogens with zero attached hydrogens (tertiary/aromatic N) is 2. The fraction of sp³-hybridized carbons (Fsp3) is 0.438. The quantitative estimate of drug-likeness (QED) is 0.887. The molecule has 8 heteroatoms. The average Bonchev–Trinajstić information content (AvgIpc) is 3.07. The van der Waals surface area contributed by atoms with E-state index in [0.717, 1.165) is 5.01 Å². The molecule has 0 atom stereocenters. The van der Waals surface area contributed by atoms with Crippen molar-refractivity contribution in [1.29, 1.82) is 0 Å². The van der Waals surface area contributed by atoms with E-state index in [4.69, 9.17) is 4.74 Å². The van der Waals surface area contributed by atoms with Crippen LogP contribution in [0.15, 0.2) is 29.8 Å². The molecule has 0 amide bonds. The first-order chi connectivity index (χ1) is 11.5. The minimum Gasteiger partial charge on any atom is -0.379 e. The van der Waals surface area contributed by atoms with Crippen LogP contribution in [0, 0.1) is 0 Å². The van der Waals surface area contributed by atoms with Gasteiger partial charge in [-0.15, -0.1) is 11.3 Å². The normalized spacial score (nSPS) is 16.3. The molecule has 130 valence electrons. The number of thiazole rings is 1. The third-order valence-electron chi connectivity index (χ3n) is 3.84. The van der Waals surface area contributed by atoms with Gasteiger partial charge in [0.05, 0.1) is 25.3 Å². The van der Waals surface area contributed by atoms with Crippen LogP contribution >= 0.6 is 11.3 Å². The average molecular weight is 357 g/mol. The number of ether oxygens (including phenoxy) is 1. The van der Waals surface area contributed by atoms with Gasteiger partial charge in [-0.2, -0.15) is 13.2 Å². The van der Waals surface area contributed by atoms with Crippen LogP contribution in [0.4, 0.5) is 18.9 Å². The van der Waals surface area contributed by atoms with Crippen LogP contribution in [0.3, 0.4) is 0 Å². The highest BCUT2D eigenvalue weighted by Gasteiger charge is 2.34. The smallest absolute Gasteiger partial charge is 0.379 e. The topological polar surface area (TPSA) is 37.4 Å². The largest absolute Gasteiger partial charge is 0.416 e. The van der Waals surface area contributed by atoms with Crippen LogP contribution in [0.1, 0.15) is 16.1 Å². The van der Waals surface area contributed by atoms with E-state index in [1.54, 1.807) is 18.3 Å². The second-order valence-corrected chi connectivity index (χ2v) is 6.52. The summed E-state index contributed by atoms with van der Waals surface area (Å²) in [6, 6.07) is 4.44. The summed E-state index contributed by atoms with van der Waals surface area (Å²) in [6.45, 7) is 3.13. The third kappa shape index (κ3) is 4.46. The van der Waals surface area contributed by atoms with Crippen molar-refractivity contribution in [3.8, 4) is 0 Å². The number of halogens is 3. The monoisotopic (exact) mass is 357 g/mol. The Labute approximate surface area is 142 Å². The molecule has 2 aromatic rings. The molecule has 0 spiro atoms. The Hall–Kier alpha value is -1.64. The Balaban J connectivity index is 1.75. The van der Waals surface area contributed by atoms with Gasteiger partial charge < -0.3 is 10.1 Å². The second-order valence-electron chi connectivity index (χ2n) is 5.54. The summed E-state index contributed by atoms with van der Waals surface area (Å²) >= 11 is 1.46. The lowest BCUT2D eigenvalue weighted by Crippen LogP contribution is -2.36. The van der Waals surface area contributed by atoms with Gasteiger partial charge in [-0.05, 0) is 17.7 Å². The molecule has 0 saturated carbocycles. The molecule has 1 saturated heterocycles. The maximum atomic E-state index is 13.4. The number of alkyl halides is 3. The highest BCUT2D eigenvalue weighted by Crippen LogP contribution is 2.34. The van der Waals surface area contributed by atoms with Gasteiger partial charge in [-0.25, -0.2) is 4.98 Å². The summed E-state index contributed by atoms with van der Waals surface area (Å²) < 4.78 is 45.5. The Morgan fingerprint density at radius 3 is 2.71 bits per heavy atom. The lowest BCUT2D eigenvalue weighted by molar-refractivity contribution is -0.138. The number of morpholine rings is 1. The zero-order chi connectivity index (χ0) is 17.0. The Morgan fingerprint density at radius 1 is 1.25 bits per heavy atom. The molecule has 0 bridgehead atoms. The standard InChI is InChI=1S/C16H18F3N3OS/c17-16(18,19)14-9-13(21-10-15-20-3-8-24-15)2-1-12(14)11-22-4-6-23-7-5-22/h1-3,8-9,21H,4-7,10-11H2. The van der Waals surface area contributed by atoms with Crippen molar-refractivity contribution in [3.05, 3.63) is 45.9 Å². The second kappa shape index (κ2) is 7.50. The van der Waals surface area contributed by atoms with Gasteiger partial charge in [-0.1, -0.05) is 6.07 Å². The maximum absolute atomic E-state index is 13.4. The van der Waals surface area contributed by atoms with E-state index in [0.29, 0.717) is 44.1 Å². The first-order valence-corrected chi connectivity index (χ1v) is 8.53. The number of aromatic nitrogens is 1. The predicted molar refractivity (Wildman–Crippen MR) is 87.0 cm³/mol. The molecule has 1 aliphatic heterocycles. The molecule has 2 heterocycles. The first kappa shape index (κ1) is 17.2. The van der Waals surface area contributed by atoms with Gasteiger partial charge in [0.1, 0.15) is 5.01 Å². The molecule has 24 heavy (non-hydrogen) atoms. The van der Waals surface area contributed by atoms with Crippen LogP contribution in [0.25, 0.3) is 0 Å². The van der Waals surface area contributed by atoms with Gasteiger partial charge in [-0.3, -0.25) is 4.90 Å². The van der Waals surface area contributed by atoms with E-state index in [9.17, 15) is 13.2 Å². The van der Waals surface area contributed by atoms with Crippen LogP contribution in [-0.2, 0) is 24.0 Å². The molecule has 1 fully saturated rings. The van der Waals surface area contributed by atoms with Crippen molar-refractivity contribution in [2.45, 2.75) is 19.3 Å². The SMILES string of the molecule is FC(F)(F)c1cc(NCc2nccs2)ccc1CN1CCOCC1. The number of hydrogen-bond acceptors (Lipinski definition) is 5. The molecule has 1 aliphatic rings. The van der Waals surface area contributed by atoms with E-state index in [2.05, 4.69) is 10.3 Å². The predicted octanol–water partition coefficient (Wildman–Crippen LogP) is 3.61. The highest BCUT2D eigenvalue weighted by atomic mass is 32.1. The molecule has 1 aromatic heterocycles. The van der Waals surface area contributed by atoms with Gasteiger partial charge in [0, 0.05) is 36.9 Å². The van der Waals surface area contributed by atoms with E-state index >= 15 is 0 Å². The molecular weight excluding hydrogens is 339 g/mol. The van der Waals surface area contributed by atoms with Crippen LogP contribution in [0.2, 0.25) is 0 Å². The molecule has 0 radical (unpaired) electrons. The van der Waals surface area contributed by atoms with Crippen molar-refractivity contribution < 1.29 is 17.9 Å². The summed E-state index contributed by atoms with van der Waals surface area (Å²) in [5, 5.41) is 5.68. The van der Waals surface area contributed by atoms with Crippen molar-refractivity contribution >= 4 is 17.0 Å². The lowest BCUT2D eigenvalue weighted by Gasteiger charge is -2.28. The number of rotatable bonds is 5. The minimum absolute atomic E-state index is 0.283. The van der Waals surface area contributed by atoms with E-state index < -0.39 is 11.7 Å². The van der Waals surface area contributed by atoms with Gasteiger partial charge in [0.15, 0.2) is 0 Å². The highest BCUT2D eigenvalue weighted by molar-refractivity contribution is 7.09. The summed E-state index contributed by atoms with van der Waals surface area (Å²) in [7, 11) is 0.